The zero-order valence-corrected chi connectivity index (χ0v) is 19.8. The normalized spacial score (nSPS) is 13.8. The summed E-state index contributed by atoms with van der Waals surface area (Å²) >= 11 is 0.668. The number of thiophene rings is 1. The lowest BCUT2D eigenvalue weighted by atomic mass is 10.1. The summed E-state index contributed by atoms with van der Waals surface area (Å²) < 4.78 is 57.8. The average Bonchev–Trinajstić information content (AvgIpc) is 3.21. The van der Waals surface area contributed by atoms with Gasteiger partial charge in [0, 0.05) is 16.5 Å². The molecule has 2 aromatic carbocycles. The molecule has 5 nitrogen and oxygen atoms in total. The van der Waals surface area contributed by atoms with E-state index >= 15 is 0 Å². The smallest absolute Gasteiger partial charge is 0.426 e. The Labute approximate surface area is 199 Å². The van der Waals surface area contributed by atoms with E-state index in [0.717, 1.165) is 0 Å². The number of rotatable bonds is 4. The Morgan fingerprint density at radius 2 is 1.82 bits per heavy atom. The van der Waals surface area contributed by atoms with E-state index in [4.69, 9.17) is 14.2 Å². The minimum Gasteiger partial charge on any atom is -0.489 e. The Morgan fingerprint density at radius 1 is 1.09 bits per heavy atom. The summed E-state index contributed by atoms with van der Waals surface area (Å²) in [4.78, 5) is 13.8. The molecule has 0 saturated heterocycles. The van der Waals surface area contributed by atoms with E-state index in [1.54, 1.807) is 69.3 Å². The number of amides is 1. The lowest BCUT2D eigenvalue weighted by Crippen LogP contribution is -2.41. The number of carbonyl (C=O) groups is 1. The second-order valence-electron chi connectivity index (χ2n) is 8.72. The molecular formula is C25H24F3NO4S. The van der Waals surface area contributed by atoms with Gasteiger partial charge >= 0.3 is 12.3 Å². The molecule has 34 heavy (non-hydrogen) atoms. The fourth-order valence-corrected chi connectivity index (χ4v) is 4.47. The first-order chi connectivity index (χ1) is 16.0. The standard InChI is InChI=1S/C25H24F3NO4S/c1-24(2,3)33-23(30)29-11-12-31-21-13-17(9-10-20(21)29)32-15-18-14-19(16-7-5-4-6-8-16)22(34-18)25(26,27)28/h4-10,13-14H,11-12,15H2,1-3H3. The molecule has 0 fully saturated rings. The van der Waals surface area contributed by atoms with E-state index in [-0.39, 0.29) is 18.8 Å². The largest absolute Gasteiger partial charge is 0.489 e. The lowest BCUT2D eigenvalue weighted by molar-refractivity contribution is -0.133. The third-order valence-corrected chi connectivity index (χ3v) is 6.07. The summed E-state index contributed by atoms with van der Waals surface area (Å²) in [7, 11) is 0. The number of halogens is 3. The maximum absolute atomic E-state index is 13.6. The molecule has 9 heteroatoms. The average molecular weight is 492 g/mol. The summed E-state index contributed by atoms with van der Waals surface area (Å²) in [5, 5.41) is 0. The van der Waals surface area contributed by atoms with Crippen molar-refractivity contribution in [2.45, 2.75) is 39.2 Å². The Bertz CT molecular complexity index is 1170. The van der Waals surface area contributed by atoms with Crippen molar-refractivity contribution >= 4 is 23.1 Å². The first-order valence-corrected chi connectivity index (χ1v) is 11.5. The van der Waals surface area contributed by atoms with Crippen LogP contribution in [0.4, 0.5) is 23.7 Å². The van der Waals surface area contributed by atoms with Crippen molar-refractivity contribution < 1.29 is 32.2 Å². The van der Waals surface area contributed by atoms with Gasteiger partial charge in [0.05, 0.1) is 12.2 Å². The SMILES string of the molecule is CC(C)(C)OC(=O)N1CCOc2cc(OCc3cc(-c4ccccc4)c(C(F)(F)F)s3)ccc21. The van der Waals surface area contributed by atoms with Crippen LogP contribution in [0.1, 0.15) is 30.5 Å². The van der Waals surface area contributed by atoms with E-state index in [1.807, 2.05) is 0 Å². The molecule has 3 aromatic rings. The highest BCUT2D eigenvalue weighted by Gasteiger charge is 2.36. The van der Waals surface area contributed by atoms with E-state index < -0.39 is 22.7 Å². The van der Waals surface area contributed by atoms with Gasteiger partial charge in [-0.15, -0.1) is 11.3 Å². The minimum absolute atomic E-state index is 0.0326. The van der Waals surface area contributed by atoms with E-state index in [1.165, 1.54) is 11.0 Å². The van der Waals surface area contributed by atoms with Crippen LogP contribution < -0.4 is 14.4 Å². The van der Waals surface area contributed by atoms with Crippen LogP contribution in [0.15, 0.2) is 54.6 Å². The third-order valence-electron chi connectivity index (χ3n) is 4.91. The van der Waals surface area contributed by atoms with Gasteiger partial charge in [-0.25, -0.2) is 4.79 Å². The van der Waals surface area contributed by atoms with Crippen LogP contribution in [-0.2, 0) is 17.5 Å². The Hall–Kier alpha value is -3.20. The molecule has 0 aliphatic carbocycles. The number of carbonyl (C=O) groups excluding carboxylic acids is 1. The quantitative estimate of drug-likeness (QED) is 0.389. The van der Waals surface area contributed by atoms with Crippen molar-refractivity contribution in [2.24, 2.45) is 0 Å². The van der Waals surface area contributed by atoms with Crippen LogP contribution in [0.2, 0.25) is 0 Å². The van der Waals surface area contributed by atoms with Gasteiger partial charge in [0.25, 0.3) is 0 Å². The number of alkyl halides is 3. The van der Waals surface area contributed by atoms with Crippen molar-refractivity contribution in [3.8, 4) is 22.6 Å². The zero-order chi connectivity index (χ0) is 24.5. The van der Waals surface area contributed by atoms with Crippen molar-refractivity contribution in [1.82, 2.24) is 0 Å². The predicted octanol–water partition coefficient (Wildman–Crippen LogP) is 7.15. The highest BCUT2D eigenvalue weighted by Crippen LogP contribution is 2.43. The van der Waals surface area contributed by atoms with Crippen LogP contribution in [-0.4, -0.2) is 24.8 Å². The zero-order valence-electron chi connectivity index (χ0n) is 18.9. The topological polar surface area (TPSA) is 48.0 Å². The maximum atomic E-state index is 13.6. The fourth-order valence-electron chi connectivity index (χ4n) is 3.51. The second-order valence-corrected chi connectivity index (χ2v) is 9.85. The molecule has 180 valence electrons. The van der Waals surface area contributed by atoms with E-state index in [9.17, 15) is 18.0 Å². The third kappa shape index (κ3) is 5.47. The number of anilines is 1. The Kier molecular flexibility index (Phi) is 6.49. The summed E-state index contributed by atoms with van der Waals surface area (Å²) in [6.07, 6.45) is -4.93. The number of hydrogen-bond acceptors (Lipinski definition) is 5. The number of fused-ring (bicyclic) bond motifs is 1. The highest BCUT2D eigenvalue weighted by atomic mass is 32.1. The molecule has 1 aromatic heterocycles. The molecule has 1 aliphatic heterocycles. The predicted molar refractivity (Wildman–Crippen MR) is 125 cm³/mol. The van der Waals surface area contributed by atoms with Crippen LogP contribution in [0.25, 0.3) is 11.1 Å². The molecule has 1 amide bonds. The van der Waals surface area contributed by atoms with Gasteiger partial charge in [-0.1, -0.05) is 30.3 Å². The van der Waals surface area contributed by atoms with Gasteiger partial charge in [0.1, 0.15) is 35.2 Å². The molecule has 0 spiro atoms. The summed E-state index contributed by atoms with van der Waals surface area (Å²) in [5.74, 6) is 0.870. The summed E-state index contributed by atoms with van der Waals surface area (Å²) in [6.45, 7) is 5.98. The van der Waals surface area contributed by atoms with Gasteiger partial charge < -0.3 is 14.2 Å². The molecular weight excluding hydrogens is 467 g/mol. The van der Waals surface area contributed by atoms with Crippen LogP contribution in [0.5, 0.6) is 11.5 Å². The van der Waals surface area contributed by atoms with E-state index in [2.05, 4.69) is 0 Å². The van der Waals surface area contributed by atoms with E-state index in [0.29, 0.717) is 45.5 Å². The Morgan fingerprint density at radius 3 is 2.50 bits per heavy atom. The molecule has 4 rings (SSSR count). The van der Waals surface area contributed by atoms with Crippen molar-refractivity contribution in [2.75, 3.05) is 18.1 Å². The molecule has 2 heterocycles. The minimum atomic E-state index is -4.46. The molecule has 0 unspecified atom stereocenters. The van der Waals surface area contributed by atoms with Gasteiger partial charge in [0.15, 0.2) is 0 Å². The summed E-state index contributed by atoms with van der Waals surface area (Å²) in [5.41, 5.74) is 0.558. The maximum Gasteiger partial charge on any atom is 0.426 e. The molecule has 0 radical (unpaired) electrons. The van der Waals surface area contributed by atoms with Crippen LogP contribution in [0.3, 0.4) is 0 Å². The summed E-state index contributed by atoms with van der Waals surface area (Å²) in [6, 6.07) is 15.0. The van der Waals surface area contributed by atoms with Gasteiger partial charge in [-0.05, 0) is 44.5 Å². The molecule has 1 aliphatic rings. The number of nitrogens with zero attached hydrogens (tertiary/aromatic N) is 1. The van der Waals surface area contributed by atoms with Crippen molar-refractivity contribution in [3.05, 3.63) is 64.4 Å². The van der Waals surface area contributed by atoms with Gasteiger partial charge in [0.2, 0.25) is 0 Å². The van der Waals surface area contributed by atoms with Gasteiger partial charge in [-0.2, -0.15) is 13.2 Å². The number of benzene rings is 2. The first-order valence-electron chi connectivity index (χ1n) is 10.7. The van der Waals surface area contributed by atoms with Crippen LogP contribution >= 0.6 is 11.3 Å². The van der Waals surface area contributed by atoms with Crippen LogP contribution in [0, 0.1) is 0 Å². The fraction of sp³-hybridized carbons (Fsp3) is 0.320. The highest BCUT2D eigenvalue weighted by molar-refractivity contribution is 7.12. The molecule has 0 atom stereocenters. The van der Waals surface area contributed by atoms with Gasteiger partial charge in [-0.3, -0.25) is 4.90 Å². The number of ether oxygens (including phenoxy) is 3. The monoisotopic (exact) mass is 491 g/mol. The van der Waals surface area contributed by atoms with Crippen molar-refractivity contribution in [1.29, 1.82) is 0 Å². The Balaban J connectivity index is 1.52. The molecule has 0 N–H and O–H groups in total. The molecule has 0 saturated carbocycles. The molecule has 0 bridgehead atoms. The van der Waals surface area contributed by atoms with Crippen molar-refractivity contribution in [3.63, 3.8) is 0 Å². The lowest BCUT2D eigenvalue weighted by Gasteiger charge is -2.31. The number of hydrogen-bond donors (Lipinski definition) is 0. The first kappa shape index (κ1) is 23.9. The second kappa shape index (κ2) is 9.21.